The third-order valence-corrected chi connectivity index (χ3v) is 4.70. The highest BCUT2D eigenvalue weighted by Gasteiger charge is 2.17. The van der Waals surface area contributed by atoms with Crippen LogP contribution in [-0.2, 0) is 7.05 Å². The number of methoxy groups -OCH3 is 3. The van der Waals surface area contributed by atoms with Gasteiger partial charge in [-0.05, 0) is 54.5 Å². The van der Waals surface area contributed by atoms with E-state index in [1.807, 2.05) is 32.3 Å². The highest BCUT2D eigenvalue weighted by atomic mass is 16.5. The highest BCUT2D eigenvalue weighted by Crippen LogP contribution is 2.38. The predicted octanol–water partition coefficient (Wildman–Crippen LogP) is 4.49. The summed E-state index contributed by atoms with van der Waals surface area (Å²) in [5.41, 5.74) is 4.06. The molecule has 0 amide bonds. The van der Waals surface area contributed by atoms with Gasteiger partial charge in [0.1, 0.15) is 5.71 Å². The van der Waals surface area contributed by atoms with Gasteiger partial charge in [0.2, 0.25) is 5.75 Å². The minimum atomic E-state index is 0.424. The van der Waals surface area contributed by atoms with Crippen molar-refractivity contribution in [3.05, 3.63) is 59.3 Å². The summed E-state index contributed by atoms with van der Waals surface area (Å²) in [4.78, 5) is 0. The van der Waals surface area contributed by atoms with Gasteiger partial charge in [-0.3, -0.25) is 0 Å². The van der Waals surface area contributed by atoms with Crippen molar-refractivity contribution >= 4 is 22.7 Å². The zero-order valence-electron chi connectivity index (χ0n) is 16.7. The topological polar surface area (TPSA) is 65.2 Å². The number of nitrogens with zero attached hydrogens (tertiary/aromatic N) is 2. The Bertz CT molecular complexity index is 1040. The molecule has 0 bridgehead atoms. The maximum atomic E-state index is 9.69. The molecule has 0 aliphatic rings. The highest BCUT2D eigenvalue weighted by molar-refractivity contribution is 6.15. The lowest BCUT2D eigenvalue weighted by Gasteiger charge is -2.15. The number of hydrogen-bond donors (Lipinski definition) is 1. The van der Waals surface area contributed by atoms with Crippen LogP contribution in [0.4, 0.5) is 0 Å². The van der Waals surface area contributed by atoms with Crippen molar-refractivity contribution in [1.29, 1.82) is 0 Å². The molecule has 0 aliphatic carbocycles. The standard InChI is InChI=1S/C22H24N2O4/c1-14(10-15-6-7-18-16(11-15)8-9-24(18)2)21(23-25)17-12-19(26-3)22(28-5)20(13-17)27-4/h6-13,25H,1-5H3/b14-10+,23-21+. The second kappa shape index (κ2) is 8.08. The van der Waals surface area contributed by atoms with Crippen LogP contribution in [-0.4, -0.2) is 36.8 Å². The summed E-state index contributed by atoms with van der Waals surface area (Å²) < 4.78 is 18.2. The Labute approximate surface area is 164 Å². The molecule has 146 valence electrons. The first-order valence-electron chi connectivity index (χ1n) is 8.78. The Balaban J connectivity index is 2.03. The van der Waals surface area contributed by atoms with Crippen molar-refractivity contribution in [2.75, 3.05) is 21.3 Å². The van der Waals surface area contributed by atoms with E-state index >= 15 is 0 Å². The summed E-state index contributed by atoms with van der Waals surface area (Å²) in [6.07, 6.45) is 4.01. The fraction of sp³-hybridized carbons (Fsp3) is 0.227. The first-order chi connectivity index (χ1) is 13.5. The van der Waals surface area contributed by atoms with Crippen LogP contribution in [0.2, 0.25) is 0 Å². The second-order valence-corrected chi connectivity index (χ2v) is 6.43. The van der Waals surface area contributed by atoms with Crippen molar-refractivity contribution in [3.63, 3.8) is 0 Å². The Morgan fingerprint density at radius 3 is 2.25 bits per heavy atom. The van der Waals surface area contributed by atoms with Gasteiger partial charge in [0.15, 0.2) is 11.5 Å². The monoisotopic (exact) mass is 380 g/mol. The Hall–Kier alpha value is -3.41. The molecule has 0 unspecified atom stereocenters. The van der Waals surface area contributed by atoms with Gasteiger partial charge < -0.3 is 24.0 Å². The second-order valence-electron chi connectivity index (χ2n) is 6.43. The molecular formula is C22H24N2O4. The number of aromatic nitrogens is 1. The number of ether oxygens (including phenoxy) is 3. The molecule has 2 aromatic carbocycles. The van der Waals surface area contributed by atoms with Gasteiger partial charge in [-0.1, -0.05) is 11.2 Å². The molecule has 0 fully saturated rings. The van der Waals surface area contributed by atoms with Gasteiger partial charge in [0, 0.05) is 29.7 Å². The van der Waals surface area contributed by atoms with E-state index < -0.39 is 0 Å². The minimum Gasteiger partial charge on any atom is -0.493 e. The van der Waals surface area contributed by atoms with Crippen molar-refractivity contribution in [1.82, 2.24) is 4.57 Å². The van der Waals surface area contributed by atoms with Gasteiger partial charge in [0.05, 0.1) is 21.3 Å². The summed E-state index contributed by atoms with van der Waals surface area (Å²) >= 11 is 0. The maximum Gasteiger partial charge on any atom is 0.203 e. The minimum absolute atomic E-state index is 0.424. The predicted molar refractivity (Wildman–Crippen MR) is 111 cm³/mol. The molecule has 1 heterocycles. The molecule has 0 spiro atoms. The zero-order valence-corrected chi connectivity index (χ0v) is 16.7. The molecule has 0 saturated heterocycles. The first-order valence-corrected chi connectivity index (χ1v) is 8.78. The van der Waals surface area contributed by atoms with E-state index in [1.165, 1.54) is 0 Å². The average Bonchev–Trinajstić information content (AvgIpc) is 3.07. The summed E-state index contributed by atoms with van der Waals surface area (Å²) in [5, 5.41) is 14.4. The fourth-order valence-electron chi connectivity index (χ4n) is 3.29. The zero-order chi connectivity index (χ0) is 20.3. The van der Waals surface area contributed by atoms with Crippen molar-refractivity contribution in [2.24, 2.45) is 12.2 Å². The number of allylic oxidation sites excluding steroid dienone is 1. The van der Waals surface area contributed by atoms with Gasteiger partial charge in [-0.2, -0.15) is 0 Å². The normalized spacial score (nSPS) is 12.3. The molecule has 6 nitrogen and oxygen atoms in total. The van der Waals surface area contributed by atoms with E-state index in [2.05, 4.69) is 27.9 Å². The van der Waals surface area contributed by atoms with E-state index in [0.29, 0.717) is 28.5 Å². The Morgan fingerprint density at radius 2 is 1.68 bits per heavy atom. The summed E-state index contributed by atoms with van der Waals surface area (Å²) in [6.45, 7) is 1.90. The molecule has 0 atom stereocenters. The largest absolute Gasteiger partial charge is 0.493 e. The summed E-state index contributed by atoms with van der Waals surface area (Å²) in [6, 6.07) is 11.8. The van der Waals surface area contributed by atoms with E-state index in [1.54, 1.807) is 33.5 Å². The SMILES string of the molecule is COc1cc(C(=N/O)/C(C)=C/c2ccc3c(ccn3C)c2)cc(OC)c1OC. The lowest BCUT2D eigenvalue weighted by Crippen LogP contribution is -2.05. The lowest BCUT2D eigenvalue weighted by molar-refractivity contribution is 0.318. The molecule has 0 saturated carbocycles. The number of aryl methyl sites for hydroxylation is 1. The van der Waals surface area contributed by atoms with Crippen LogP contribution in [0.3, 0.4) is 0 Å². The average molecular weight is 380 g/mol. The summed E-state index contributed by atoms with van der Waals surface area (Å²) in [7, 11) is 6.67. The smallest absolute Gasteiger partial charge is 0.203 e. The number of fused-ring (bicyclic) bond motifs is 1. The van der Waals surface area contributed by atoms with Gasteiger partial charge >= 0.3 is 0 Å². The molecule has 3 aromatic rings. The Morgan fingerprint density at radius 1 is 1.00 bits per heavy atom. The van der Waals surface area contributed by atoms with Crippen molar-refractivity contribution in [3.8, 4) is 17.2 Å². The van der Waals surface area contributed by atoms with E-state index in [9.17, 15) is 5.21 Å². The third kappa shape index (κ3) is 3.53. The van der Waals surface area contributed by atoms with Crippen LogP contribution >= 0.6 is 0 Å². The molecule has 6 heteroatoms. The van der Waals surface area contributed by atoms with Gasteiger partial charge in [0.25, 0.3) is 0 Å². The van der Waals surface area contributed by atoms with Crippen LogP contribution in [0.25, 0.3) is 17.0 Å². The van der Waals surface area contributed by atoms with Gasteiger partial charge in [-0.25, -0.2) is 0 Å². The van der Waals surface area contributed by atoms with Crippen LogP contribution in [0.1, 0.15) is 18.1 Å². The fourth-order valence-corrected chi connectivity index (χ4v) is 3.29. The van der Waals surface area contributed by atoms with E-state index in [0.717, 1.165) is 22.0 Å². The molecular weight excluding hydrogens is 356 g/mol. The molecule has 1 N–H and O–H groups in total. The Kier molecular flexibility index (Phi) is 5.59. The van der Waals surface area contributed by atoms with Crippen LogP contribution in [0, 0.1) is 0 Å². The van der Waals surface area contributed by atoms with E-state index in [4.69, 9.17) is 14.2 Å². The third-order valence-electron chi connectivity index (χ3n) is 4.70. The van der Waals surface area contributed by atoms with Crippen LogP contribution < -0.4 is 14.2 Å². The number of hydrogen-bond acceptors (Lipinski definition) is 5. The molecule has 0 radical (unpaired) electrons. The van der Waals surface area contributed by atoms with Crippen molar-refractivity contribution in [2.45, 2.75) is 6.92 Å². The number of rotatable bonds is 6. The lowest BCUT2D eigenvalue weighted by atomic mass is 10.00. The van der Waals surface area contributed by atoms with Gasteiger partial charge in [-0.15, -0.1) is 0 Å². The first kappa shape index (κ1) is 19.4. The number of oxime groups is 1. The molecule has 1 aromatic heterocycles. The molecule has 28 heavy (non-hydrogen) atoms. The van der Waals surface area contributed by atoms with Crippen molar-refractivity contribution < 1.29 is 19.4 Å². The summed E-state index contributed by atoms with van der Waals surface area (Å²) in [5.74, 6) is 1.48. The number of benzene rings is 2. The van der Waals surface area contributed by atoms with Crippen LogP contribution in [0.15, 0.2) is 53.3 Å². The quantitative estimate of drug-likeness (QED) is 0.389. The molecule has 0 aliphatic heterocycles. The maximum absolute atomic E-state index is 9.69. The molecule has 3 rings (SSSR count). The van der Waals surface area contributed by atoms with Crippen LogP contribution in [0.5, 0.6) is 17.2 Å². The van der Waals surface area contributed by atoms with E-state index in [-0.39, 0.29) is 0 Å².